The first kappa shape index (κ1) is 14.5. The van der Waals surface area contributed by atoms with Crippen LogP contribution >= 0.6 is 0 Å². The van der Waals surface area contributed by atoms with Crippen LogP contribution in [0.3, 0.4) is 0 Å². The van der Waals surface area contributed by atoms with Crippen LogP contribution in [0.1, 0.15) is 57.6 Å². The van der Waals surface area contributed by atoms with Crippen LogP contribution in [0.25, 0.3) is 0 Å². The third kappa shape index (κ3) is 3.56. The molecule has 1 N–H and O–H groups in total. The van der Waals surface area contributed by atoms with E-state index in [2.05, 4.69) is 29.5 Å². The standard InChI is InChI=1S/C15H28N4/c1-4-6-12-7-8-13(10-16-5-2)14(9-12)15-11-17-18-19(15)3/h11-14,16H,4-10H2,1-3H3. The molecule has 0 aromatic carbocycles. The van der Waals surface area contributed by atoms with E-state index in [0.29, 0.717) is 5.92 Å². The molecule has 1 aliphatic rings. The second-order valence-electron chi connectivity index (χ2n) is 5.92. The summed E-state index contributed by atoms with van der Waals surface area (Å²) < 4.78 is 1.97. The Kier molecular flexibility index (Phi) is 5.37. The van der Waals surface area contributed by atoms with Crippen molar-refractivity contribution in [1.29, 1.82) is 0 Å². The van der Waals surface area contributed by atoms with Gasteiger partial charge in [-0.2, -0.15) is 0 Å². The summed E-state index contributed by atoms with van der Waals surface area (Å²) in [5.74, 6) is 2.26. The van der Waals surface area contributed by atoms with E-state index in [-0.39, 0.29) is 0 Å². The van der Waals surface area contributed by atoms with E-state index in [1.54, 1.807) is 0 Å². The van der Waals surface area contributed by atoms with E-state index < -0.39 is 0 Å². The van der Waals surface area contributed by atoms with E-state index in [4.69, 9.17) is 0 Å². The molecule has 0 radical (unpaired) electrons. The van der Waals surface area contributed by atoms with Gasteiger partial charge in [0.2, 0.25) is 0 Å². The molecule has 108 valence electrons. The molecule has 0 saturated heterocycles. The number of aromatic nitrogens is 3. The van der Waals surface area contributed by atoms with Gasteiger partial charge in [0.1, 0.15) is 0 Å². The van der Waals surface area contributed by atoms with Crippen molar-refractivity contribution in [3.05, 3.63) is 11.9 Å². The first-order chi connectivity index (χ1) is 9.26. The minimum absolute atomic E-state index is 0.629. The maximum Gasteiger partial charge on any atom is 0.0728 e. The Hall–Kier alpha value is -0.900. The van der Waals surface area contributed by atoms with E-state index in [9.17, 15) is 0 Å². The number of rotatable bonds is 6. The van der Waals surface area contributed by atoms with Gasteiger partial charge in [0.15, 0.2) is 0 Å². The first-order valence-electron chi connectivity index (χ1n) is 7.81. The van der Waals surface area contributed by atoms with Crippen LogP contribution in [0, 0.1) is 11.8 Å². The van der Waals surface area contributed by atoms with Gasteiger partial charge in [0.05, 0.1) is 11.9 Å². The minimum Gasteiger partial charge on any atom is -0.317 e. The summed E-state index contributed by atoms with van der Waals surface area (Å²) in [4.78, 5) is 0. The highest BCUT2D eigenvalue weighted by Crippen LogP contribution is 2.41. The fourth-order valence-electron chi connectivity index (χ4n) is 3.56. The normalized spacial score (nSPS) is 27.6. The van der Waals surface area contributed by atoms with Crippen molar-refractivity contribution in [3.63, 3.8) is 0 Å². The summed E-state index contributed by atoms with van der Waals surface area (Å²) >= 11 is 0. The molecule has 3 atom stereocenters. The van der Waals surface area contributed by atoms with Crippen molar-refractivity contribution < 1.29 is 0 Å². The van der Waals surface area contributed by atoms with Crippen molar-refractivity contribution in [2.75, 3.05) is 13.1 Å². The molecule has 1 saturated carbocycles. The lowest BCUT2D eigenvalue weighted by molar-refractivity contribution is 0.215. The predicted octanol–water partition coefficient (Wildman–Crippen LogP) is 2.72. The Labute approximate surface area is 117 Å². The maximum absolute atomic E-state index is 4.12. The van der Waals surface area contributed by atoms with Gasteiger partial charge in [0.25, 0.3) is 0 Å². The Morgan fingerprint density at radius 3 is 2.84 bits per heavy atom. The highest BCUT2D eigenvalue weighted by molar-refractivity contribution is 5.07. The van der Waals surface area contributed by atoms with Crippen LogP contribution in [-0.4, -0.2) is 28.1 Å². The van der Waals surface area contributed by atoms with Crippen LogP contribution in [-0.2, 0) is 7.05 Å². The number of hydrogen-bond acceptors (Lipinski definition) is 3. The second-order valence-corrected chi connectivity index (χ2v) is 5.92. The lowest BCUT2D eigenvalue weighted by Crippen LogP contribution is -2.33. The fourth-order valence-corrected chi connectivity index (χ4v) is 3.56. The summed E-state index contributed by atoms with van der Waals surface area (Å²) in [5, 5.41) is 11.7. The Morgan fingerprint density at radius 1 is 1.37 bits per heavy atom. The number of nitrogens with zero attached hydrogens (tertiary/aromatic N) is 3. The topological polar surface area (TPSA) is 42.7 Å². The zero-order valence-electron chi connectivity index (χ0n) is 12.6. The summed E-state index contributed by atoms with van der Waals surface area (Å²) in [6.07, 6.45) is 8.69. The molecule has 1 aromatic rings. The zero-order valence-corrected chi connectivity index (χ0v) is 12.6. The van der Waals surface area contributed by atoms with Gasteiger partial charge in [-0.15, -0.1) is 5.10 Å². The number of hydrogen-bond donors (Lipinski definition) is 1. The summed E-state index contributed by atoms with van der Waals surface area (Å²) in [6, 6.07) is 0. The van der Waals surface area contributed by atoms with Crippen molar-refractivity contribution in [1.82, 2.24) is 20.3 Å². The highest BCUT2D eigenvalue weighted by atomic mass is 15.4. The zero-order chi connectivity index (χ0) is 13.7. The van der Waals surface area contributed by atoms with E-state index in [1.165, 1.54) is 37.8 Å². The Morgan fingerprint density at radius 2 is 2.21 bits per heavy atom. The van der Waals surface area contributed by atoms with Crippen LogP contribution < -0.4 is 5.32 Å². The molecule has 0 spiro atoms. The smallest absolute Gasteiger partial charge is 0.0728 e. The third-order valence-corrected chi connectivity index (χ3v) is 4.58. The molecule has 1 aromatic heterocycles. The molecule has 4 heteroatoms. The van der Waals surface area contributed by atoms with Crippen LogP contribution in [0.15, 0.2) is 6.20 Å². The maximum atomic E-state index is 4.12. The average molecular weight is 264 g/mol. The van der Waals surface area contributed by atoms with Gasteiger partial charge in [0, 0.05) is 13.0 Å². The summed E-state index contributed by atoms with van der Waals surface area (Å²) in [7, 11) is 2.02. The molecule has 0 aliphatic heterocycles. The van der Waals surface area contributed by atoms with Gasteiger partial charge in [-0.05, 0) is 37.8 Å². The van der Waals surface area contributed by atoms with Crippen LogP contribution in [0.2, 0.25) is 0 Å². The molecular formula is C15H28N4. The van der Waals surface area contributed by atoms with E-state index >= 15 is 0 Å². The van der Waals surface area contributed by atoms with Crippen molar-refractivity contribution in [2.24, 2.45) is 18.9 Å². The van der Waals surface area contributed by atoms with Gasteiger partial charge < -0.3 is 5.32 Å². The Bertz CT molecular complexity index is 374. The predicted molar refractivity (Wildman–Crippen MR) is 78.0 cm³/mol. The summed E-state index contributed by atoms with van der Waals surface area (Å²) in [6.45, 7) is 6.67. The molecule has 3 unspecified atom stereocenters. The fraction of sp³-hybridized carbons (Fsp3) is 0.867. The highest BCUT2D eigenvalue weighted by Gasteiger charge is 2.32. The molecule has 2 rings (SSSR count). The van der Waals surface area contributed by atoms with Crippen molar-refractivity contribution in [2.45, 2.75) is 51.9 Å². The van der Waals surface area contributed by atoms with Crippen LogP contribution in [0.5, 0.6) is 0 Å². The van der Waals surface area contributed by atoms with Crippen molar-refractivity contribution in [3.8, 4) is 0 Å². The van der Waals surface area contributed by atoms with Gasteiger partial charge in [-0.1, -0.05) is 38.3 Å². The first-order valence-corrected chi connectivity index (χ1v) is 7.81. The molecule has 1 heterocycles. The van der Waals surface area contributed by atoms with Gasteiger partial charge in [-0.25, -0.2) is 0 Å². The monoisotopic (exact) mass is 264 g/mol. The molecule has 0 amide bonds. The quantitative estimate of drug-likeness (QED) is 0.859. The molecule has 0 bridgehead atoms. The lowest BCUT2D eigenvalue weighted by Gasteiger charge is -2.36. The molecular weight excluding hydrogens is 236 g/mol. The van der Waals surface area contributed by atoms with Gasteiger partial charge in [-0.3, -0.25) is 4.68 Å². The Balaban J connectivity index is 2.09. The number of aryl methyl sites for hydroxylation is 1. The SMILES string of the molecule is CCCC1CCC(CNCC)C(c2cnnn2C)C1. The summed E-state index contributed by atoms with van der Waals surface area (Å²) in [5.41, 5.74) is 1.32. The molecule has 19 heavy (non-hydrogen) atoms. The van der Waals surface area contributed by atoms with Crippen LogP contribution in [0.4, 0.5) is 0 Å². The van der Waals surface area contributed by atoms with Crippen molar-refractivity contribution >= 4 is 0 Å². The molecule has 1 aliphatic carbocycles. The number of nitrogens with one attached hydrogen (secondary N) is 1. The third-order valence-electron chi connectivity index (χ3n) is 4.58. The lowest BCUT2D eigenvalue weighted by atomic mass is 9.71. The minimum atomic E-state index is 0.629. The average Bonchev–Trinajstić information content (AvgIpc) is 2.83. The molecule has 4 nitrogen and oxygen atoms in total. The van der Waals surface area contributed by atoms with Gasteiger partial charge >= 0.3 is 0 Å². The molecule has 1 fully saturated rings. The van der Waals surface area contributed by atoms with E-state index in [1.807, 2.05) is 17.9 Å². The second kappa shape index (κ2) is 7.04. The van der Waals surface area contributed by atoms with E-state index in [0.717, 1.165) is 24.9 Å². The largest absolute Gasteiger partial charge is 0.317 e.